The highest BCUT2D eigenvalue weighted by molar-refractivity contribution is 6.30. The average molecular weight is 386 g/mol. The topological polar surface area (TPSA) is 59.0 Å². The summed E-state index contributed by atoms with van der Waals surface area (Å²) in [6.07, 6.45) is 3.10. The van der Waals surface area contributed by atoms with Gasteiger partial charge in [-0.1, -0.05) is 17.7 Å². The summed E-state index contributed by atoms with van der Waals surface area (Å²) in [6.45, 7) is 5.63. The molecule has 3 heterocycles. The number of ether oxygens (including phenoxy) is 1. The minimum atomic E-state index is 0.457. The number of nitrogens with zero attached hydrogens (tertiary/aromatic N) is 4. The van der Waals surface area contributed by atoms with Crippen LogP contribution in [0, 0.1) is 6.92 Å². The van der Waals surface area contributed by atoms with E-state index >= 15 is 0 Å². The van der Waals surface area contributed by atoms with E-state index in [1.807, 2.05) is 42.2 Å². The highest BCUT2D eigenvalue weighted by Gasteiger charge is 2.26. The molecule has 3 aromatic rings. The van der Waals surface area contributed by atoms with E-state index in [9.17, 15) is 0 Å². The summed E-state index contributed by atoms with van der Waals surface area (Å²) in [7, 11) is 1.99. The molecule has 2 aromatic heterocycles. The summed E-state index contributed by atoms with van der Waals surface area (Å²) in [5.41, 5.74) is 4.63. The Morgan fingerprint density at radius 2 is 2.22 bits per heavy atom. The molecule has 0 bridgehead atoms. The van der Waals surface area contributed by atoms with Crippen molar-refractivity contribution in [2.75, 3.05) is 13.1 Å². The number of H-pyrrole nitrogens is 1. The van der Waals surface area contributed by atoms with Crippen molar-refractivity contribution in [3.8, 4) is 5.75 Å². The van der Waals surface area contributed by atoms with E-state index in [0.29, 0.717) is 17.5 Å². The number of aromatic amines is 1. The van der Waals surface area contributed by atoms with E-state index in [1.54, 1.807) is 0 Å². The first-order chi connectivity index (χ1) is 13.1. The SMILES string of the molecule is Cc1c(CN2CC[C@@H](c3cc(COc4cccc(Cl)c4)[nH]n3)C2)cnn1C. The number of benzene rings is 1. The molecule has 4 rings (SSSR count). The number of rotatable bonds is 6. The Morgan fingerprint density at radius 3 is 3.00 bits per heavy atom. The maximum atomic E-state index is 5.99. The first-order valence-electron chi connectivity index (χ1n) is 9.21. The van der Waals surface area contributed by atoms with Crippen LogP contribution in [0.2, 0.25) is 5.02 Å². The first-order valence-corrected chi connectivity index (χ1v) is 9.58. The van der Waals surface area contributed by atoms with Gasteiger partial charge >= 0.3 is 0 Å². The summed E-state index contributed by atoms with van der Waals surface area (Å²) >= 11 is 5.99. The zero-order valence-electron chi connectivity index (χ0n) is 15.7. The van der Waals surface area contributed by atoms with Crippen LogP contribution >= 0.6 is 11.6 Å². The van der Waals surface area contributed by atoms with Gasteiger partial charge in [-0.05, 0) is 44.2 Å². The second-order valence-corrected chi connectivity index (χ2v) is 7.60. The van der Waals surface area contributed by atoms with Gasteiger partial charge in [-0.15, -0.1) is 0 Å². The van der Waals surface area contributed by atoms with Gasteiger partial charge in [0.1, 0.15) is 12.4 Å². The van der Waals surface area contributed by atoms with Crippen molar-refractivity contribution in [1.82, 2.24) is 24.9 Å². The van der Waals surface area contributed by atoms with Gasteiger partial charge in [-0.2, -0.15) is 10.2 Å². The quantitative estimate of drug-likeness (QED) is 0.703. The Hall–Kier alpha value is -2.31. The van der Waals surface area contributed by atoms with Crippen molar-refractivity contribution in [3.05, 3.63) is 64.2 Å². The predicted molar refractivity (Wildman–Crippen MR) is 105 cm³/mol. The zero-order chi connectivity index (χ0) is 18.8. The number of aromatic nitrogens is 4. The molecule has 1 saturated heterocycles. The van der Waals surface area contributed by atoms with E-state index in [1.165, 1.54) is 11.3 Å². The van der Waals surface area contributed by atoms with Crippen LogP contribution in [-0.2, 0) is 20.2 Å². The van der Waals surface area contributed by atoms with Crippen molar-refractivity contribution in [3.63, 3.8) is 0 Å². The van der Waals surface area contributed by atoms with Gasteiger partial charge in [0.25, 0.3) is 0 Å². The van der Waals surface area contributed by atoms with Gasteiger partial charge in [-0.3, -0.25) is 14.7 Å². The maximum Gasteiger partial charge on any atom is 0.130 e. The summed E-state index contributed by atoms with van der Waals surface area (Å²) in [5.74, 6) is 1.22. The lowest BCUT2D eigenvalue weighted by molar-refractivity contribution is 0.301. The number of nitrogens with one attached hydrogen (secondary N) is 1. The molecule has 1 aromatic carbocycles. The molecule has 0 aliphatic carbocycles. The molecule has 1 aliphatic heterocycles. The Kier molecular flexibility index (Phi) is 5.18. The lowest BCUT2D eigenvalue weighted by Gasteiger charge is -2.15. The van der Waals surface area contributed by atoms with E-state index < -0.39 is 0 Å². The Balaban J connectivity index is 1.33. The van der Waals surface area contributed by atoms with Gasteiger partial charge in [0, 0.05) is 42.3 Å². The predicted octanol–water partition coefficient (Wildman–Crippen LogP) is 3.67. The van der Waals surface area contributed by atoms with Crippen LogP contribution in [-0.4, -0.2) is 38.0 Å². The van der Waals surface area contributed by atoms with E-state index in [2.05, 4.69) is 33.2 Å². The highest BCUT2D eigenvalue weighted by atomic mass is 35.5. The molecule has 0 unspecified atom stereocenters. The molecule has 142 valence electrons. The second kappa shape index (κ2) is 7.74. The van der Waals surface area contributed by atoms with E-state index in [0.717, 1.165) is 43.2 Å². The number of aryl methyl sites for hydroxylation is 1. The van der Waals surface area contributed by atoms with Crippen molar-refractivity contribution < 1.29 is 4.74 Å². The van der Waals surface area contributed by atoms with E-state index in [4.69, 9.17) is 16.3 Å². The third-order valence-corrected chi connectivity index (χ3v) is 5.50. The summed E-state index contributed by atoms with van der Waals surface area (Å²) in [6, 6.07) is 9.55. The molecule has 0 saturated carbocycles. The smallest absolute Gasteiger partial charge is 0.130 e. The van der Waals surface area contributed by atoms with Crippen LogP contribution in [0.5, 0.6) is 5.75 Å². The van der Waals surface area contributed by atoms with E-state index in [-0.39, 0.29) is 0 Å². The minimum Gasteiger partial charge on any atom is -0.487 e. The first kappa shape index (κ1) is 18.1. The summed E-state index contributed by atoms with van der Waals surface area (Å²) in [5, 5.41) is 12.6. The van der Waals surface area contributed by atoms with Crippen molar-refractivity contribution in [2.24, 2.45) is 7.05 Å². The van der Waals surface area contributed by atoms with Gasteiger partial charge in [0.05, 0.1) is 17.6 Å². The Labute approximate surface area is 164 Å². The van der Waals surface area contributed by atoms with Crippen LogP contribution in [0.3, 0.4) is 0 Å². The third-order valence-electron chi connectivity index (χ3n) is 5.26. The molecule has 1 N–H and O–H groups in total. The molecule has 1 aliphatic rings. The average Bonchev–Trinajstić information content (AvgIpc) is 3.37. The molecule has 1 atom stereocenters. The number of halogens is 1. The van der Waals surface area contributed by atoms with Gasteiger partial charge in [0.15, 0.2) is 0 Å². The van der Waals surface area contributed by atoms with Crippen molar-refractivity contribution in [1.29, 1.82) is 0 Å². The summed E-state index contributed by atoms with van der Waals surface area (Å²) < 4.78 is 7.72. The molecular weight excluding hydrogens is 362 g/mol. The Morgan fingerprint density at radius 1 is 1.33 bits per heavy atom. The Bertz CT molecular complexity index is 919. The molecule has 27 heavy (non-hydrogen) atoms. The monoisotopic (exact) mass is 385 g/mol. The van der Waals surface area contributed by atoms with Crippen LogP contribution in [0.25, 0.3) is 0 Å². The molecule has 0 spiro atoms. The van der Waals surface area contributed by atoms with Crippen molar-refractivity contribution >= 4 is 11.6 Å². The number of hydrogen-bond donors (Lipinski definition) is 1. The van der Waals surface area contributed by atoms with Crippen LogP contribution < -0.4 is 4.74 Å². The maximum absolute atomic E-state index is 5.99. The van der Waals surface area contributed by atoms with Crippen LogP contribution in [0.4, 0.5) is 0 Å². The summed E-state index contributed by atoms with van der Waals surface area (Å²) in [4.78, 5) is 2.48. The van der Waals surface area contributed by atoms with Crippen LogP contribution in [0.1, 0.15) is 35.0 Å². The number of likely N-dealkylation sites (tertiary alicyclic amines) is 1. The number of hydrogen-bond acceptors (Lipinski definition) is 4. The largest absolute Gasteiger partial charge is 0.487 e. The minimum absolute atomic E-state index is 0.457. The molecular formula is C20H24ClN5O. The second-order valence-electron chi connectivity index (χ2n) is 7.16. The van der Waals surface area contributed by atoms with Crippen LogP contribution in [0.15, 0.2) is 36.5 Å². The lowest BCUT2D eigenvalue weighted by Crippen LogP contribution is -2.20. The van der Waals surface area contributed by atoms with Gasteiger partial charge < -0.3 is 4.74 Å². The van der Waals surface area contributed by atoms with Gasteiger partial charge in [0.2, 0.25) is 0 Å². The lowest BCUT2D eigenvalue weighted by atomic mass is 10.1. The van der Waals surface area contributed by atoms with Gasteiger partial charge in [-0.25, -0.2) is 0 Å². The molecule has 1 fully saturated rings. The highest BCUT2D eigenvalue weighted by Crippen LogP contribution is 2.28. The third kappa shape index (κ3) is 4.17. The molecule has 0 amide bonds. The molecule has 6 nitrogen and oxygen atoms in total. The standard InChI is InChI=1S/C20H24ClN5O/c1-14-16(10-22-25(14)2)12-26-7-6-15(11-26)20-9-18(23-24-20)13-27-19-5-3-4-17(21)8-19/h3-5,8-10,15H,6-7,11-13H2,1-2H3,(H,23,24)/t15-/m1/s1. The normalized spacial score (nSPS) is 17.5. The zero-order valence-corrected chi connectivity index (χ0v) is 16.4. The molecule has 7 heteroatoms. The molecule has 0 radical (unpaired) electrons. The van der Waals surface area contributed by atoms with Crippen molar-refractivity contribution in [2.45, 2.75) is 32.4 Å². The fourth-order valence-corrected chi connectivity index (χ4v) is 3.72. The fourth-order valence-electron chi connectivity index (χ4n) is 3.54. The fraction of sp³-hybridized carbons (Fsp3) is 0.400.